The molecule has 1 unspecified atom stereocenters. The maximum atomic E-state index is 13.6. The highest BCUT2D eigenvalue weighted by molar-refractivity contribution is 6.35. The van der Waals surface area contributed by atoms with Gasteiger partial charge in [-0.3, -0.25) is 14.6 Å². The lowest BCUT2D eigenvalue weighted by Crippen LogP contribution is -2.52. The molecule has 0 aromatic heterocycles. The Hall–Kier alpha value is -2.80. The van der Waals surface area contributed by atoms with Crippen LogP contribution in [0, 0.1) is 0 Å². The first-order chi connectivity index (χ1) is 15.1. The number of nitrogens with zero attached hydrogens (tertiary/aromatic N) is 5. The van der Waals surface area contributed by atoms with Crippen molar-refractivity contribution in [3.8, 4) is 0 Å². The number of amides is 1. The number of amidine groups is 1. The fourth-order valence-electron chi connectivity index (χ4n) is 4.40. The largest absolute Gasteiger partial charge is 0.301 e. The molecule has 0 radical (unpaired) electrons. The SMILES string of the molecule is C=C1N=C(c2ccccc2)c2cc(Cl)ccc2N2C(=O)C(N3CCN(CC)CC3)N=C12. The molecule has 1 saturated heterocycles. The Bertz CT molecular complexity index is 1100. The van der Waals surface area contributed by atoms with Gasteiger partial charge < -0.3 is 4.90 Å². The lowest BCUT2D eigenvalue weighted by molar-refractivity contribution is -0.122. The summed E-state index contributed by atoms with van der Waals surface area (Å²) in [5.74, 6) is 0.455. The van der Waals surface area contributed by atoms with Crippen molar-refractivity contribution in [1.29, 1.82) is 0 Å². The lowest BCUT2D eigenvalue weighted by Gasteiger charge is -2.35. The number of benzene rings is 2. The molecule has 3 aliphatic heterocycles. The molecule has 3 heterocycles. The molecule has 0 saturated carbocycles. The van der Waals surface area contributed by atoms with Gasteiger partial charge in [0.15, 0.2) is 12.0 Å². The Balaban J connectivity index is 1.58. The van der Waals surface area contributed by atoms with Gasteiger partial charge in [-0.05, 0) is 24.7 Å². The van der Waals surface area contributed by atoms with E-state index in [9.17, 15) is 4.79 Å². The zero-order chi connectivity index (χ0) is 21.5. The molecule has 0 bridgehead atoms. The van der Waals surface area contributed by atoms with Crippen LogP contribution in [0.2, 0.25) is 5.02 Å². The van der Waals surface area contributed by atoms with Crippen molar-refractivity contribution >= 4 is 34.7 Å². The van der Waals surface area contributed by atoms with E-state index in [1.165, 1.54) is 0 Å². The summed E-state index contributed by atoms with van der Waals surface area (Å²) in [5.41, 5.74) is 3.70. The van der Waals surface area contributed by atoms with Crippen LogP contribution >= 0.6 is 11.6 Å². The molecule has 5 rings (SSSR count). The van der Waals surface area contributed by atoms with Gasteiger partial charge >= 0.3 is 0 Å². The van der Waals surface area contributed by atoms with Gasteiger partial charge in [-0.1, -0.05) is 55.4 Å². The van der Waals surface area contributed by atoms with Crippen LogP contribution in [0.4, 0.5) is 5.69 Å². The predicted octanol–water partition coefficient (Wildman–Crippen LogP) is 3.41. The van der Waals surface area contributed by atoms with Crippen LogP contribution in [0.5, 0.6) is 0 Å². The molecule has 158 valence electrons. The van der Waals surface area contributed by atoms with E-state index in [0.717, 1.165) is 55.2 Å². The minimum absolute atomic E-state index is 0.0609. The summed E-state index contributed by atoms with van der Waals surface area (Å²) >= 11 is 6.35. The molecule has 1 amide bonds. The summed E-state index contributed by atoms with van der Waals surface area (Å²) in [5, 5.41) is 0.590. The van der Waals surface area contributed by atoms with E-state index < -0.39 is 6.17 Å². The van der Waals surface area contributed by atoms with Crippen LogP contribution in [0.25, 0.3) is 0 Å². The van der Waals surface area contributed by atoms with E-state index in [1.807, 2.05) is 42.5 Å². The normalized spacial score (nSPS) is 22.0. The number of likely N-dealkylation sites (N-methyl/N-ethyl adjacent to an activating group) is 1. The fraction of sp³-hybridized carbons (Fsp3) is 0.292. The average Bonchev–Trinajstić information content (AvgIpc) is 3.09. The molecule has 0 spiro atoms. The summed E-state index contributed by atoms with van der Waals surface area (Å²) < 4.78 is 0. The highest BCUT2D eigenvalue weighted by Crippen LogP contribution is 2.35. The number of hydrogen-bond acceptors (Lipinski definition) is 5. The molecule has 6 nitrogen and oxygen atoms in total. The Morgan fingerprint density at radius 3 is 2.55 bits per heavy atom. The summed E-state index contributed by atoms with van der Waals surface area (Å²) in [6, 6.07) is 15.4. The van der Waals surface area contributed by atoms with Crippen LogP contribution in [0.15, 0.2) is 70.8 Å². The molecule has 7 heteroatoms. The topological polar surface area (TPSA) is 51.5 Å². The third kappa shape index (κ3) is 3.51. The van der Waals surface area contributed by atoms with Gasteiger partial charge in [0, 0.05) is 42.3 Å². The maximum Gasteiger partial charge on any atom is 0.272 e. The van der Waals surface area contributed by atoms with E-state index in [2.05, 4.69) is 23.3 Å². The van der Waals surface area contributed by atoms with Crippen LogP contribution < -0.4 is 4.90 Å². The van der Waals surface area contributed by atoms with Crippen LogP contribution in [-0.4, -0.2) is 66.1 Å². The number of fused-ring (bicyclic) bond motifs is 3. The van der Waals surface area contributed by atoms with Gasteiger partial charge in [0.1, 0.15) is 0 Å². The Kier molecular flexibility index (Phi) is 5.22. The van der Waals surface area contributed by atoms with Crippen molar-refractivity contribution < 1.29 is 4.79 Å². The summed E-state index contributed by atoms with van der Waals surface area (Å²) in [6.45, 7) is 10.9. The predicted molar refractivity (Wildman–Crippen MR) is 125 cm³/mol. The first-order valence-corrected chi connectivity index (χ1v) is 11.0. The number of anilines is 1. The third-order valence-corrected chi connectivity index (χ3v) is 6.34. The van der Waals surface area contributed by atoms with Crippen molar-refractivity contribution in [2.75, 3.05) is 37.6 Å². The Morgan fingerprint density at radius 1 is 1.10 bits per heavy atom. The maximum absolute atomic E-state index is 13.6. The molecular formula is C24H24ClN5O. The van der Waals surface area contributed by atoms with Gasteiger partial charge in [0.05, 0.1) is 17.1 Å². The van der Waals surface area contributed by atoms with Crippen molar-refractivity contribution in [3.05, 3.63) is 77.0 Å². The number of carbonyl (C=O) groups is 1. The van der Waals surface area contributed by atoms with Crippen molar-refractivity contribution in [1.82, 2.24) is 9.80 Å². The first kappa shape index (κ1) is 20.1. The minimum Gasteiger partial charge on any atom is -0.301 e. The molecule has 2 aromatic carbocycles. The molecule has 31 heavy (non-hydrogen) atoms. The summed E-state index contributed by atoms with van der Waals surface area (Å²) in [6.07, 6.45) is -0.539. The van der Waals surface area contributed by atoms with Crippen LogP contribution in [-0.2, 0) is 4.79 Å². The van der Waals surface area contributed by atoms with Crippen molar-refractivity contribution in [2.24, 2.45) is 9.98 Å². The summed E-state index contributed by atoms with van der Waals surface area (Å²) in [4.78, 5) is 29.5. The number of halogens is 1. The van der Waals surface area contributed by atoms with Gasteiger partial charge in [-0.2, -0.15) is 0 Å². The van der Waals surface area contributed by atoms with Gasteiger partial charge in [-0.25, -0.2) is 9.98 Å². The molecular weight excluding hydrogens is 410 g/mol. The van der Waals surface area contributed by atoms with Crippen LogP contribution in [0.1, 0.15) is 18.1 Å². The molecule has 3 aliphatic rings. The van der Waals surface area contributed by atoms with Crippen molar-refractivity contribution in [2.45, 2.75) is 13.1 Å². The fourth-order valence-corrected chi connectivity index (χ4v) is 4.57. The molecule has 1 atom stereocenters. The molecule has 2 aromatic rings. The van der Waals surface area contributed by atoms with E-state index in [1.54, 1.807) is 11.0 Å². The molecule has 1 fully saturated rings. The second kappa shape index (κ2) is 8.04. The zero-order valence-electron chi connectivity index (χ0n) is 17.5. The second-order valence-electron chi connectivity index (χ2n) is 7.90. The van der Waals surface area contributed by atoms with E-state index in [4.69, 9.17) is 21.6 Å². The van der Waals surface area contributed by atoms with Gasteiger partial charge in [-0.15, -0.1) is 0 Å². The van der Waals surface area contributed by atoms with Crippen LogP contribution in [0.3, 0.4) is 0 Å². The third-order valence-electron chi connectivity index (χ3n) is 6.10. The minimum atomic E-state index is -0.539. The average molecular weight is 434 g/mol. The number of piperazine rings is 1. The lowest BCUT2D eigenvalue weighted by atomic mass is 10.00. The van der Waals surface area contributed by atoms with E-state index in [0.29, 0.717) is 16.6 Å². The summed E-state index contributed by atoms with van der Waals surface area (Å²) in [7, 11) is 0. The monoisotopic (exact) mass is 433 g/mol. The zero-order valence-corrected chi connectivity index (χ0v) is 18.2. The number of carbonyl (C=O) groups excluding carboxylic acids is 1. The standard InChI is InChI=1S/C24H24ClN5O/c1-3-28-11-13-29(14-12-28)23-24(31)30-20-10-9-18(25)15-19(20)21(17-7-5-4-6-8-17)26-16(2)22(30)27-23/h4-10,15,23H,2-3,11-14H2,1H3. The highest BCUT2D eigenvalue weighted by Gasteiger charge is 2.43. The van der Waals surface area contributed by atoms with Gasteiger partial charge in [0.2, 0.25) is 0 Å². The molecule has 0 aliphatic carbocycles. The highest BCUT2D eigenvalue weighted by atomic mass is 35.5. The number of rotatable bonds is 3. The quantitative estimate of drug-likeness (QED) is 0.745. The van der Waals surface area contributed by atoms with E-state index in [-0.39, 0.29) is 5.91 Å². The number of aliphatic imine (C=N–C) groups is 2. The molecule has 0 N–H and O–H groups in total. The van der Waals surface area contributed by atoms with Crippen molar-refractivity contribution in [3.63, 3.8) is 0 Å². The second-order valence-corrected chi connectivity index (χ2v) is 8.34. The Labute approximate surface area is 187 Å². The number of hydrogen-bond donors (Lipinski definition) is 0. The smallest absolute Gasteiger partial charge is 0.272 e. The first-order valence-electron chi connectivity index (χ1n) is 10.6. The van der Waals surface area contributed by atoms with E-state index >= 15 is 0 Å². The Morgan fingerprint density at radius 2 is 1.84 bits per heavy atom. The van der Waals surface area contributed by atoms with Gasteiger partial charge in [0.25, 0.3) is 5.91 Å².